The van der Waals surface area contributed by atoms with Crippen molar-refractivity contribution in [3.8, 4) is 0 Å². The predicted molar refractivity (Wildman–Crippen MR) is 61.7 cm³/mol. The van der Waals surface area contributed by atoms with Gasteiger partial charge in [0.25, 0.3) is 0 Å². The topological polar surface area (TPSA) is 48.3 Å². The lowest BCUT2D eigenvalue weighted by atomic mass is 10.1. The number of hydrogen-bond acceptors (Lipinski definition) is 4. The van der Waals surface area contributed by atoms with Gasteiger partial charge in [-0.25, -0.2) is 4.98 Å². The van der Waals surface area contributed by atoms with Crippen LogP contribution in [0.3, 0.4) is 0 Å². The first kappa shape index (κ1) is 11.4. The summed E-state index contributed by atoms with van der Waals surface area (Å²) in [5, 5.41) is 3.26. The van der Waals surface area contributed by atoms with Gasteiger partial charge in [-0.05, 0) is 12.8 Å². The third kappa shape index (κ3) is 2.74. The van der Waals surface area contributed by atoms with Crippen molar-refractivity contribution in [3.05, 3.63) is 12.4 Å². The van der Waals surface area contributed by atoms with E-state index in [-0.39, 0.29) is 0 Å². The van der Waals surface area contributed by atoms with Crippen molar-refractivity contribution in [2.45, 2.75) is 18.9 Å². The lowest BCUT2D eigenvalue weighted by Gasteiger charge is -2.24. The molecule has 1 saturated heterocycles. The van der Waals surface area contributed by atoms with Gasteiger partial charge < -0.3 is 19.4 Å². The highest BCUT2D eigenvalue weighted by molar-refractivity contribution is 5.26. The Hall–Kier alpha value is -1.07. The molecule has 16 heavy (non-hydrogen) atoms. The van der Waals surface area contributed by atoms with Gasteiger partial charge in [0.2, 0.25) is 5.95 Å². The molecule has 0 spiro atoms. The average Bonchev–Trinajstić information content (AvgIpc) is 2.79. The van der Waals surface area contributed by atoms with Crippen LogP contribution in [0.2, 0.25) is 0 Å². The maximum atomic E-state index is 5.49. The maximum Gasteiger partial charge on any atom is 0.203 e. The van der Waals surface area contributed by atoms with E-state index in [1.807, 2.05) is 12.4 Å². The van der Waals surface area contributed by atoms with Crippen LogP contribution >= 0.6 is 0 Å². The summed E-state index contributed by atoms with van der Waals surface area (Å²) < 4.78 is 12.6. The largest absolute Gasteiger partial charge is 0.383 e. The highest BCUT2D eigenvalue weighted by Gasteiger charge is 2.17. The molecular weight excluding hydrogens is 206 g/mol. The molecule has 1 N–H and O–H groups in total. The number of nitrogens with zero attached hydrogens (tertiary/aromatic N) is 2. The number of imidazole rings is 1. The molecule has 1 unspecified atom stereocenters. The Morgan fingerprint density at radius 2 is 2.62 bits per heavy atom. The van der Waals surface area contributed by atoms with Crippen LogP contribution in [-0.2, 0) is 9.47 Å². The Bertz CT molecular complexity index is 308. The van der Waals surface area contributed by atoms with Crippen molar-refractivity contribution in [3.63, 3.8) is 0 Å². The maximum absolute atomic E-state index is 5.49. The van der Waals surface area contributed by atoms with Gasteiger partial charge in [0, 0.05) is 32.7 Å². The molecule has 0 aliphatic carbocycles. The van der Waals surface area contributed by atoms with Gasteiger partial charge >= 0.3 is 0 Å². The van der Waals surface area contributed by atoms with Crippen LogP contribution in [0.1, 0.15) is 18.9 Å². The molecule has 1 aromatic heterocycles. The van der Waals surface area contributed by atoms with Crippen LogP contribution in [0.25, 0.3) is 0 Å². The first-order valence-corrected chi connectivity index (χ1v) is 5.75. The van der Waals surface area contributed by atoms with Crippen molar-refractivity contribution < 1.29 is 9.47 Å². The minimum Gasteiger partial charge on any atom is -0.383 e. The predicted octanol–water partition coefficient (Wildman–Crippen LogP) is 1.29. The number of aromatic nitrogens is 2. The van der Waals surface area contributed by atoms with E-state index in [9.17, 15) is 0 Å². The lowest BCUT2D eigenvalue weighted by molar-refractivity contribution is 0.0598. The van der Waals surface area contributed by atoms with E-state index in [0.29, 0.717) is 12.6 Å². The van der Waals surface area contributed by atoms with Gasteiger partial charge in [-0.2, -0.15) is 0 Å². The second-order valence-corrected chi connectivity index (χ2v) is 3.95. The van der Waals surface area contributed by atoms with Crippen LogP contribution in [0.15, 0.2) is 12.4 Å². The summed E-state index contributed by atoms with van der Waals surface area (Å²) in [4.78, 5) is 4.30. The molecule has 0 radical (unpaired) electrons. The second kappa shape index (κ2) is 5.86. The van der Waals surface area contributed by atoms with E-state index in [0.717, 1.165) is 38.5 Å². The molecule has 0 amide bonds. The fourth-order valence-electron chi connectivity index (χ4n) is 1.95. The first-order valence-electron chi connectivity index (χ1n) is 5.75. The number of ether oxygens (including phenoxy) is 2. The molecule has 0 bridgehead atoms. The Labute approximate surface area is 95.8 Å². The van der Waals surface area contributed by atoms with Crippen LogP contribution in [0.5, 0.6) is 0 Å². The summed E-state index contributed by atoms with van der Waals surface area (Å²) in [6, 6.07) is 0.418. The molecule has 90 valence electrons. The van der Waals surface area contributed by atoms with Crippen molar-refractivity contribution in [2.75, 3.05) is 38.8 Å². The molecule has 5 heteroatoms. The Morgan fingerprint density at radius 1 is 1.69 bits per heavy atom. The zero-order chi connectivity index (χ0) is 11.2. The molecule has 2 rings (SSSR count). The smallest absolute Gasteiger partial charge is 0.203 e. The third-order valence-corrected chi connectivity index (χ3v) is 2.79. The molecule has 1 aliphatic rings. The highest BCUT2D eigenvalue weighted by Crippen LogP contribution is 2.22. The fraction of sp³-hybridized carbons (Fsp3) is 0.727. The SMILES string of the molecule is COCCNc1nccn1C1CCCOC1. The summed E-state index contributed by atoms with van der Waals surface area (Å²) in [6.07, 6.45) is 6.12. The molecule has 1 aliphatic heterocycles. The van der Waals surface area contributed by atoms with Crippen LogP contribution in [-0.4, -0.2) is 43.0 Å². The zero-order valence-electron chi connectivity index (χ0n) is 9.69. The minimum atomic E-state index is 0.418. The number of rotatable bonds is 5. The second-order valence-electron chi connectivity index (χ2n) is 3.95. The zero-order valence-corrected chi connectivity index (χ0v) is 9.69. The number of anilines is 1. The molecule has 1 fully saturated rings. The average molecular weight is 225 g/mol. The van der Waals surface area contributed by atoms with E-state index in [2.05, 4.69) is 14.9 Å². The van der Waals surface area contributed by atoms with Gasteiger partial charge in [0.1, 0.15) is 0 Å². The number of hydrogen-bond donors (Lipinski definition) is 1. The van der Waals surface area contributed by atoms with E-state index in [4.69, 9.17) is 9.47 Å². The van der Waals surface area contributed by atoms with Crippen molar-refractivity contribution >= 4 is 5.95 Å². The Balaban J connectivity index is 1.94. The van der Waals surface area contributed by atoms with Gasteiger partial charge in [-0.3, -0.25) is 0 Å². The molecule has 0 saturated carbocycles. The monoisotopic (exact) mass is 225 g/mol. The van der Waals surface area contributed by atoms with Crippen molar-refractivity contribution in [1.82, 2.24) is 9.55 Å². The normalized spacial score (nSPS) is 20.9. The van der Waals surface area contributed by atoms with Crippen LogP contribution in [0.4, 0.5) is 5.95 Å². The minimum absolute atomic E-state index is 0.418. The standard InChI is InChI=1S/C11H19N3O2/c1-15-8-5-13-11-12-4-6-14(11)10-3-2-7-16-9-10/h4,6,10H,2-3,5,7-9H2,1H3,(H,12,13). The Kier molecular flexibility index (Phi) is 4.18. The van der Waals surface area contributed by atoms with Gasteiger partial charge in [0.15, 0.2) is 0 Å². The van der Waals surface area contributed by atoms with E-state index >= 15 is 0 Å². The molecule has 5 nitrogen and oxygen atoms in total. The molecular formula is C11H19N3O2. The third-order valence-electron chi connectivity index (χ3n) is 2.79. The van der Waals surface area contributed by atoms with E-state index in [1.54, 1.807) is 7.11 Å². The quantitative estimate of drug-likeness (QED) is 0.767. The van der Waals surface area contributed by atoms with Gasteiger partial charge in [0.05, 0.1) is 19.3 Å². The summed E-state index contributed by atoms with van der Waals surface area (Å²) in [6.45, 7) is 3.14. The number of methoxy groups -OCH3 is 1. The first-order chi connectivity index (χ1) is 7.92. The lowest BCUT2D eigenvalue weighted by Crippen LogP contribution is -2.23. The summed E-state index contributed by atoms with van der Waals surface area (Å²) in [5.74, 6) is 0.910. The molecule has 1 aromatic rings. The van der Waals surface area contributed by atoms with Gasteiger partial charge in [-0.15, -0.1) is 0 Å². The summed E-state index contributed by atoms with van der Waals surface area (Å²) >= 11 is 0. The molecule has 0 aromatic carbocycles. The van der Waals surface area contributed by atoms with E-state index < -0.39 is 0 Å². The highest BCUT2D eigenvalue weighted by atomic mass is 16.5. The number of nitrogens with one attached hydrogen (secondary N) is 1. The van der Waals surface area contributed by atoms with Gasteiger partial charge in [-0.1, -0.05) is 0 Å². The van der Waals surface area contributed by atoms with E-state index in [1.165, 1.54) is 0 Å². The molecule has 1 atom stereocenters. The van der Waals surface area contributed by atoms with Crippen molar-refractivity contribution in [1.29, 1.82) is 0 Å². The van der Waals surface area contributed by atoms with Crippen LogP contribution < -0.4 is 5.32 Å². The Morgan fingerprint density at radius 3 is 3.38 bits per heavy atom. The van der Waals surface area contributed by atoms with Crippen LogP contribution in [0, 0.1) is 0 Å². The summed E-state index contributed by atoms with van der Waals surface area (Å²) in [7, 11) is 1.70. The fourth-order valence-corrected chi connectivity index (χ4v) is 1.95. The summed E-state index contributed by atoms with van der Waals surface area (Å²) in [5.41, 5.74) is 0. The van der Waals surface area contributed by atoms with Crippen molar-refractivity contribution in [2.24, 2.45) is 0 Å². The molecule has 2 heterocycles.